The minimum atomic E-state index is -0.0742. The number of hydrogen-bond donors (Lipinski definition) is 1. The zero-order valence-electron chi connectivity index (χ0n) is 18.4. The van der Waals surface area contributed by atoms with Crippen molar-refractivity contribution in [2.24, 2.45) is 0 Å². The number of phenols is 1. The molecule has 0 saturated carbocycles. The summed E-state index contributed by atoms with van der Waals surface area (Å²) in [5.74, 6) is 1.06. The van der Waals surface area contributed by atoms with Crippen molar-refractivity contribution in [3.8, 4) is 17.0 Å². The maximum Gasteiger partial charge on any atom is 0.240 e. The van der Waals surface area contributed by atoms with Crippen LogP contribution in [0.1, 0.15) is 41.8 Å². The first-order chi connectivity index (χ1) is 14.8. The Morgan fingerprint density at radius 2 is 1.90 bits per heavy atom. The normalized spacial score (nSPS) is 16.4. The fourth-order valence-electron chi connectivity index (χ4n) is 3.76. The minimum Gasteiger partial charge on any atom is -0.508 e. The van der Waals surface area contributed by atoms with Crippen LogP contribution in [0.4, 0.5) is 10.8 Å². The molecule has 2 heterocycles. The number of thiazole rings is 1. The molecule has 7 heteroatoms. The SMILES string of the molecule is Cc1cc(O)c(C(C)C)cc1-c1csc(N2C(=O)CSC2c2ccc(N(C)C)cc2)n1. The molecule has 31 heavy (non-hydrogen) atoms. The molecular formula is C24H27N3O2S2. The van der Waals surface area contributed by atoms with E-state index in [9.17, 15) is 9.90 Å². The van der Waals surface area contributed by atoms with Crippen molar-refractivity contribution in [3.63, 3.8) is 0 Å². The van der Waals surface area contributed by atoms with Gasteiger partial charge in [0, 0.05) is 30.7 Å². The van der Waals surface area contributed by atoms with Crippen LogP contribution in [0.5, 0.6) is 5.75 Å². The van der Waals surface area contributed by atoms with E-state index >= 15 is 0 Å². The van der Waals surface area contributed by atoms with Crippen LogP contribution in [0, 0.1) is 6.92 Å². The van der Waals surface area contributed by atoms with E-state index in [0.717, 1.165) is 33.6 Å². The summed E-state index contributed by atoms with van der Waals surface area (Å²) in [6.45, 7) is 6.10. The van der Waals surface area contributed by atoms with Gasteiger partial charge in [0.1, 0.15) is 11.1 Å². The van der Waals surface area contributed by atoms with Crippen molar-refractivity contribution in [1.82, 2.24) is 4.98 Å². The van der Waals surface area contributed by atoms with E-state index in [4.69, 9.17) is 4.98 Å². The van der Waals surface area contributed by atoms with E-state index in [1.54, 1.807) is 17.8 Å². The van der Waals surface area contributed by atoms with Gasteiger partial charge in [0.05, 0.1) is 11.4 Å². The molecule has 1 aliphatic rings. The molecule has 1 amide bonds. The Hall–Kier alpha value is -2.51. The first kappa shape index (κ1) is 21.7. The van der Waals surface area contributed by atoms with Crippen molar-refractivity contribution in [1.29, 1.82) is 0 Å². The van der Waals surface area contributed by atoms with Crippen LogP contribution < -0.4 is 9.80 Å². The Labute approximate surface area is 191 Å². The van der Waals surface area contributed by atoms with Gasteiger partial charge in [-0.3, -0.25) is 9.69 Å². The van der Waals surface area contributed by atoms with Crippen molar-refractivity contribution in [2.45, 2.75) is 32.1 Å². The van der Waals surface area contributed by atoms with Crippen molar-refractivity contribution >= 4 is 39.8 Å². The molecule has 1 atom stereocenters. The molecule has 1 N–H and O–H groups in total. The number of aryl methyl sites for hydroxylation is 1. The van der Waals surface area contributed by atoms with Crippen molar-refractivity contribution < 1.29 is 9.90 Å². The molecule has 1 aliphatic heterocycles. The van der Waals surface area contributed by atoms with Gasteiger partial charge in [-0.15, -0.1) is 23.1 Å². The van der Waals surface area contributed by atoms with E-state index in [-0.39, 0.29) is 17.2 Å². The number of nitrogens with zero attached hydrogens (tertiary/aromatic N) is 3. The predicted octanol–water partition coefficient (Wildman–Crippen LogP) is 5.79. The van der Waals surface area contributed by atoms with E-state index < -0.39 is 0 Å². The molecule has 4 rings (SSSR count). The number of benzene rings is 2. The van der Waals surface area contributed by atoms with Gasteiger partial charge < -0.3 is 10.0 Å². The summed E-state index contributed by atoms with van der Waals surface area (Å²) in [5.41, 5.74) is 5.94. The second kappa shape index (κ2) is 8.55. The van der Waals surface area contributed by atoms with Crippen LogP contribution in [0.25, 0.3) is 11.3 Å². The summed E-state index contributed by atoms with van der Waals surface area (Å²) in [5, 5.41) is 12.9. The summed E-state index contributed by atoms with van der Waals surface area (Å²) in [6.07, 6.45) is 0. The van der Waals surface area contributed by atoms with Crippen LogP contribution in [-0.4, -0.2) is 35.8 Å². The van der Waals surface area contributed by atoms with Gasteiger partial charge >= 0.3 is 0 Å². The highest BCUT2D eigenvalue weighted by atomic mass is 32.2. The fraction of sp³-hybridized carbons (Fsp3) is 0.333. The molecule has 0 bridgehead atoms. The Bertz CT molecular complexity index is 1110. The van der Waals surface area contributed by atoms with Crippen LogP contribution in [-0.2, 0) is 4.79 Å². The number of aromatic hydroxyl groups is 1. The van der Waals surface area contributed by atoms with E-state index in [2.05, 4.69) is 43.0 Å². The third-order valence-corrected chi connectivity index (χ3v) is 7.58. The summed E-state index contributed by atoms with van der Waals surface area (Å²) in [6, 6.07) is 12.2. The predicted molar refractivity (Wildman–Crippen MR) is 131 cm³/mol. The zero-order valence-corrected chi connectivity index (χ0v) is 20.0. The number of thioether (sulfide) groups is 1. The highest BCUT2D eigenvalue weighted by Crippen LogP contribution is 2.44. The van der Waals surface area contributed by atoms with Gasteiger partial charge in [0.15, 0.2) is 5.13 Å². The molecule has 1 saturated heterocycles. The van der Waals surface area contributed by atoms with Crippen molar-refractivity contribution in [3.05, 3.63) is 58.5 Å². The number of phenolic OH excluding ortho intramolecular Hbond substituents is 1. The van der Waals surface area contributed by atoms with Crippen LogP contribution in [0.3, 0.4) is 0 Å². The van der Waals surface area contributed by atoms with Gasteiger partial charge in [-0.1, -0.05) is 26.0 Å². The van der Waals surface area contributed by atoms with Crippen LogP contribution >= 0.6 is 23.1 Å². The van der Waals surface area contributed by atoms with Gasteiger partial charge in [0.25, 0.3) is 0 Å². The quantitative estimate of drug-likeness (QED) is 0.530. The topological polar surface area (TPSA) is 56.7 Å². The Balaban J connectivity index is 1.67. The molecule has 0 radical (unpaired) electrons. The molecule has 1 fully saturated rings. The molecule has 0 spiro atoms. The lowest BCUT2D eigenvalue weighted by molar-refractivity contribution is -0.115. The number of anilines is 2. The second-order valence-electron chi connectivity index (χ2n) is 8.31. The largest absolute Gasteiger partial charge is 0.508 e. The standard InChI is InChI=1S/C24H27N3O2S2/c1-14(2)18-11-19(15(3)10-21(18)28)20-12-31-24(25-20)27-22(29)13-30-23(27)16-6-8-17(9-7-16)26(4)5/h6-12,14,23,28H,13H2,1-5H3. The minimum absolute atomic E-state index is 0.0742. The van der Waals surface area contributed by atoms with E-state index in [1.807, 2.05) is 37.4 Å². The summed E-state index contributed by atoms with van der Waals surface area (Å²) < 4.78 is 0. The maximum absolute atomic E-state index is 12.8. The van der Waals surface area contributed by atoms with E-state index in [1.165, 1.54) is 11.3 Å². The lowest BCUT2D eigenvalue weighted by Gasteiger charge is -2.22. The monoisotopic (exact) mass is 453 g/mol. The average molecular weight is 454 g/mol. The molecule has 162 valence electrons. The number of carbonyl (C=O) groups is 1. The van der Waals surface area contributed by atoms with Crippen LogP contribution in [0.2, 0.25) is 0 Å². The third kappa shape index (κ3) is 4.16. The molecular weight excluding hydrogens is 426 g/mol. The molecule has 3 aromatic rings. The number of amides is 1. The van der Waals surface area contributed by atoms with Gasteiger partial charge in [-0.2, -0.15) is 0 Å². The Kier molecular flexibility index (Phi) is 5.99. The lowest BCUT2D eigenvalue weighted by Crippen LogP contribution is -2.27. The smallest absolute Gasteiger partial charge is 0.240 e. The lowest BCUT2D eigenvalue weighted by atomic mass is 9.95. The fourth-order valence-corrected chi connectivity index (χ4v) is 5.85. The summed E-state index contributed by atoms with van der Waals surface area (Å²) >= 11 is 3.12. The number of hydrogen-bond acceptors (Lipinski definition) is 6. The summed E-state index contributed by atoms with van der Waals surface area (Å²) in [7, 11) is 4.03. The zero-order chi connectivity index (χ0) is 22.3. The highest BCUT2D eigenvalue weighted by Gasteiger charge is 2.36. The summed E-state index contributed by atoms with van der Waals surface area (Å²) in [4.78, 5) is 21.5. The molecule has 1 aromatic heterocycles. The molecule has 2 aromatic carbocycles. The van der Waals surface area contributed by atoms with E-state index in [0.29, 0.717) is 16.6 Å². The highest BCUT2D eigenvalue weighted by molar-refractivity contribution is 8.00. The molecule has 5 nitrogen and oxygen atoms in total. The van der Waals surface area contributed by atoms with Gasteiger partial charge in [0.2, 0.25) is 5.91 Å². The number of aromatic nitrogens is 1. The first-order valence-corrected chi connectivity index (χ1v) is 12.2. The Morgan fingerprint density at radius 3 is 2.55 bits per heavy atom. The third-order valence-electron chi connectivity index (χ3n) is 5.53. The van der Waals surface area contributed by atoms with Gasteiger partial charge in [-0.25, -0.2) is 4.98 Å². The second-order valence-corrected chi connectivity index (χ2v) is 10.2. The number of carbonyl (C=O) groups excluding carboxylic acids is 1. The average Bonchev–Trinajstić information content (AvgIpc) is 3.34. The number of rotatable bonds is 5. The van der Waals surface area contributed by atoms with Gasteiger partial charge in [-0.05, 0) is 53.8 Å². The molecule has 0 aliphatic carbocycles. The van der Waals surface area contributed by atoms with Crippen LogP contribution in [0.15, 0.2) is 41.8 Å². The maximum atomic E-state index is 12.8. The van der Waals surface area contributed by atoms with Crippen molar-refractivity contribution in [2.75, 3.05) is 29.6 Å². The Morgan fingerprint density at radius 1 is 1.19 bits per heavy atom. The first-order valence-electron chi connectivity index (χ1n) is 10.3. The molecule has 1 unspecified atom stereocenters.